The molecule has 1 N–H and O–H groups in total. The number of nitrogens with one attached hydrogen (secondary N) is 1. The number of benzene rings is 1. The molecule has 0 spiro atoms. The van der Waals surface area contributed by atoms with Crippen LogP contribution in [-0.2, 0) is 13.0 Å². The first-order valence-corrected chi connectivity index (χ1v) is 7.11. The number of carbonyl (C=O) groups excluding carboxylic acids is 1. The number of para-hydroxylation sites is 1. The Morgan fingerprint density at radius 1 is 1.32 bits per heavy atom. The zero-order valence-corrected chi connectivity index (χ0v) is 13.1. The second-order valence-corrected chi connectivity index (χ2v) is 5.46. The van der Waals surface area contributed by atoms with Crippen LogP contribution in [0, 0.1) is 6.92 Å². The molecule has 4 rings (SSSR count). The molecule has 0 bridgehead atoms. The molecule has 0 aliphatic carbocycles. The number of fused-ring (bicyclic) bond motifs is 3. The summed E-state index contributed by atoms with van der Waals surface area (Å²) in [6, 6.07) is 8.16. The Kier molecular flexibility index (Phi) is 3.66. The Morgan fingerprint density at radius 3 is 2.91 bits per heavy atom. The van der Waals surface area contributed by atoms with Crippen LogP contribution in [0.1, 0.15) is 17.0 Å². The van der Waals surface area contributed by atoms with Gasteiger partial charge in [-0.15, -0.1) is 12.4 Å². The third kappa shape index (κ3) is 2.09. The predicted octanol–water partition coefficient (Wildman–Crippen LogP) is 3.12. The molecule has 0 saturated carbocycles. The highest BCUT2D eigenvalue weighted by molar-refractivity contribution is 5.95. The molecule has 1 aliphatic heterocycles. The smallest absolute Gasteiger partial charge is 0.329 e. The number of H-pyrrole nitrogens is 1. The summed E-state index contributed by atoms with van der Waals surface area (Å²) in [5, 5.41) is 1.17. The lowest BCUT2D eigenvalue weighted by Crippen LogP contribution is -2.41. The fourth-order valence-electron chi connectivity index (χ4n) is 3.17. The molecule has 0 radical (unpaired) electrons. The van der Waals surface area contributed by atoms with Gasteiger partial charge >= 0.3 is 6.03 Å². The van der Waals surface area contributed by atoms with Gasteiger partial charge in [-0.3, -0.25) is 4.57 Å². The fourth-order valence-corrected chi connectivity index (χ4v) is 3.17. The molecule has 0 unspecified atom stereocenters. The van der Waals surface area contributed by atoms with Crippen LogP contribution in [0.15, 0.2) is 36.8 Å². The summed E-state index contributed by atoms with van der Waals surface area (Å²) < 4.78 is 1.87. The first kappa shape index (κ1) is 14.7. The highest BCUT2D eigenvalue weighted by Crippen LogP contribution is 2.29. The Morgan fingerprint density at radius 2 is 2.14 bits per heavy atom. The average Bonchev–Trinajstić information content (AvgIpc) is 3.10. The SMILES string of the molecule is Cc1c2n(c3ccccc13)C(=O)N(Cc1cnc[nH]1)CC2.Cl. The van der Waals surface area contributed by atoms with Crippen molar-refractivity contribution in [2.75, 3.05) is 6.54 Å². The van der Waals surface area contributed by atoms with Crippen LogP contribution in [0.5, 0.6) is 0 Å². The van der Waals surface area contributed by atoms with Crippen LogP contribution in [0.4, 0.5) is 4.79 Å². The molecule has 0 fully saturated rings. The van der Waals surface area contributed by atoms with E-state index in [0.717, 1.165) is 29.9 Å². The maximum atomic E-state index is 12.8. The lowest BCUT2D eigenvalue weighted by Gasteiger charge is -2.28. The van der Waals surface area contributed by atoms with Crippen LogP contribution in [-0.4, -0.2) is 32.0 Å². The van der Waals surface area contributed by atoms with E-state index in [1.165, 1.54) is 10.9 Å². The topological polar surface area (TPSA) is 53.9 Å². The quantitative estimate of drug-likeness (QED) is 0.789. The van der Waals surface area contributed by atoms with Crippen LogP contribution in [0.25, 0.3) is 10.9 Å². The van der Waals surface area contributed by atoms with Crippen molar-refractivity contribution in [2.45, 2.75) is 19.9 Å². The molecule has 0 saturated heterocycles. The van der Waals surface area contributed by atoms with Crippen molar-refractivity contribution < 1.29 is 4.79 Å². The van der Waals surface area contributed by atoms with Crippen molar-refractivity contribution in [1.82, 2.24) is 19.4 Å². The molecule has 1 aromatic carbocycles. The van der Waals surface area contributed by atoms with Crippen molar-refractivity contribution in [1.29, 1.82) is 0 Å². The Labute approximate surface area is 134 Å². The summed E-state index contributed by atoms with van der Waals surface area (Å²) in [7, 11) is 0. The maximum absolute atomic E-state index is 12.8. The maximum Gasteiger partial charge on any atom is 0.329 e. The molecule has 22 heavy (non-hydrogen) atoms. The van der Waals surface area contributed by atoms with E-state index in [9.17, 15) is 4.79 Å². The highest BCUT2D eigenvalue weighted by Gasteiger charge is 2.28. The minimum absolute atomic E-state index is 0. The molecular formula is C16H17ClN4O. The van der Waals surface area contributed by atoms with Crippen molar-refractivity contribution in [2.24, 2.45) is 0 Å². The number of aromatic amines is 1. The van der Waals surface area contributed by atoms with Crippen LogP contribution in [0.2, 0.25) is 0 Å². The zero-order valence-electron chi connectivity index (χ0n) is 12.2. The minimum Gasteiger partial charge on any atom is -0.347 e. The molecule has 2 aromatic heterocycles. The summed E-state index contributed by atoms with van der Waals surface area (Å²) in [6.45, 7) is 3.42. The van der Waals surface area contributed by atoms with E-state index < -0.39 is 0 Å². The van der Waals surface area contributed by atoms with Gasteiger partial charge in [0.15, 0.2) is 0 Å². The molecular weight excluding hydrogens is 300 g/mol. The number of hydrogen-bond acceptors (Lipinski definition) is 2. The number of halogens is 1. The number of rotatable bonds is 2. The monoisotopic (exact) mass is 316 g/mol. The lowest BCUT2D eigenvalue weighted by molar-refractivity contribution is 0.190. The van der Waals surface area contributed by atoms with Crippen molar-refractivity contribution in [3.05, 3.63) is 53.7 Å². The second kappa shape index (κ2) is 5.50. The number of amides is 1. The Balaban J connectivity index is 0.00000144. The standard InChI is InChI=1S/C16H16N4O.ClH/c1-11-13-4-2-3-5-15(13)20-14(11)6-7-19(16(20)21)9-12-8-17-10-18-12;/h2-5,8,10H,6-7,9H2,1H3,(H,17,18);1H. The number of aromatic nitrogens is 3. The van der Waals surface area contributed by atoms with E-state index >= 15 is 0 Å². The van der Waals surface area contributed by atoms with Gasteiger partial charge in [0.05, 0.1) is 24.1 Å². The van der Waals surface area contributed by atoms with Crippen molar-refractivity contribution >= 4 is 29.3 Å². The van der Waals surface area contributed by atoms with Gasteiger partial charge in [-0.25, -0.2) is 9.78 Å². The molecule has 0 atom stereocenters. The van der Waals surface area contributed by atoms with E-state index in [4.69, 9.17) is 0 Å². The largest absolute Gasteiger partial charge is 0.347 e. The number of carbonyl (C=O) groups is 1. The van der Waals surface area contributed by atoms with E-state index in [2.05, 4.69) is 23.0 Å². The summed E-state index contributed by atoms with van der Waals surface area (Å²) >= 11 is 0. The number of nitrogens with zero attached hydrogens (tertiary/aromatic N) is 3. The Hall–Kier alpha value is -2.27. The first-order valence-electron chi connectivity index (χ1n) is 7.11. The van der Waals surface area contributed by atoms with Gasteiger partial charge in [0.2, 0.25) is 0 Å². The Bertz CT molecular complexity index is 822. The first-order chi connectivity index (χ1) is 10.3. The van der Waals surface area contributed by atoms with Crippen molar-refractivity contribution in [3.8, 4) is 0 Å². The summed E-state index contributed by atoms with van der Waals surface area (Å²) in [6.07, 6.45) is 4.30. The third-order valence-electron chi connectivity index (χ3n) is 4.25. The van der Waals surface area contributed by atoms with Gasteiger partial charge < -0.3 is 9.88 Å². The molecule has 5 nitrogen and oxygen atoms in total. The number of imidazole rings is 1. The van der Waals surface area contributed by atoms with Crippen LogP contribution in [0.3, 0.4) is 0 Å². The number of aryl methyl sites for hydroxylation is 1. The van der Waals surface area contributed by atoms with E-state index in [-0.39, 0.29) is 18.4 Å². The van der Waals surface area contributed by atoms with Gasteiger partial charge in [0, 0.05) is 30.2 Å². The predicted molar refractivity (Wildman–Crippen MR) is 87.4 cm³/mol. The van der Waals surface area contributed by atoms with E-state index in [0.29, 0.717) is 6.54 Å². The zero-order chi connectivity index (χ0) is 14.4. The molecule has 114 valence electrons. The van der Waals surface area contributed by atoms with E-state index in [1.807, 2.05) is 27.7 Å². The van der Waals surface area contributed by atoms with Gasteiger partial charge in [0.1, 0.15) is 0 Å². The third-order valence-corrected chi connectivity index (χ3v) is 4.25. The normalized spacial score (nSPS) is 14.0. The molecule has 6 heteroatoms. The molecule has 3 heterocycles. The molecule has 1 amide bonds. The summed E-state index contributed by atoms with van der Waals surface area (Å²) in [4.78, 5) is 21.8. The average molecular weight is 317 g/mol. The second-order valence-electron chi connectivity index (χ2n) is 5.46. The number of hydrogen-bond donors (Lipinski definition) is 1. The summed E-state index contributed by atoms with van der Waals surface area (Å²) in [5.41, 5.74) is 4.33. The van der Waals surface area contributed by atoms with E-state index in [1.54, 1.807) is 12.5 Å². The van der Waals surface area contributed by atoms with Gasteiger partial charge in [-0.05, 0) is 18.6 Å². The minimum atomic E-state index is 0. The van der Waals surface area contributed by atoms with Crippen LogP contribution >= 0.6 is 12.4 Å². The highest BCUT2D eigenvalue weighted by atomic mass is 35.5. The lowest BCUT2D eigenvalue weighted by atomic mass is 10.1. The van der Waals surface area contributed by atoms with Crippen LogP contribution < -0.4 is 0 Å². The molecule has 3 aromatic rings. The van der Waals surface area contributed by atoms with Gasteiger partial charge in [0.25, 0.3) is 0 Å². The fraction of sp³-hybridized carbons (Fsp3) is 0.250. The van der Waals surface area contributed by atoms with Gasteiger partial charge in [-0.1, -0.05) is 18.2 Å². The summed E-state index contributed by atoms with van der Waals surface area (Å²) in [5.74, 6) is 0. The van der Waals surface area contributed by atoms with Crippen molar-refractivity contribution in [3.63, 3.8) is 0 Å². The molecule has 1 aliphatic rings. The van der Waals surface area contributed by atoms with Gasteiger partial charge in [-0.2, -0.15) is 0 Å².